The summed E-state index contributed by atoms with van der Waals surface area (Å²) in [5.41, 5.74) is -4.15. The molecule has 0 aromatic carbocycles. The standard InChI is InChI=1S/C46H76O18/c1-23-31(51)33(53)35(55)39(60-23)63-37-36(62-38-34(54)32(52)26(49)19-58-38)27(50)20-59-40(37)61-30-13-18-45(21-47)28(42(30,4)5)12-17-44(7)29(45)10-9-24-25(11-16-43(24,44)6)46(56,22-48)15-8-14-41(2,3)64-57/h8,14,21,23-40,48-57H,9-13,15-20,22H2,1-7H3/b14-8+/t23-,24?,25-,26+,27-,28?,29-,30-,31-,32-,33+,34+,35+,36-,37+,38-,39-,40-,43+,44+,45+,46+/m0/s1. The van der Waals surface area contributed by atoms with Crippen molar-refractivity contribution < 1.29 is 89.3 Å². The van der Waals surface area contributed by atoms with Gasteiger partial charge in [-0.05, 0) is 118 Å². The van der Waals surface area contributed by atoms with Gasteiger partial charge < -0.3 is 79.2 Å². The average molecular weight is 917 g/mol. The van der Waals surface area contributed by atoms with Gasteiger partial charge in [-0.2, -0.15) is 0 Å². The van der Waals surface area contributed by atoms with E-state index in [2.05, 4.69) is 32.6 Å². The van der Waals surface area contributed by atoms with E-state index in [4.69, 9.17) is 28.4 Å². The van der Waals surface area contributed by atoms with Gasteiger partial charge in [-0.1, -0.05) is 39.8 Å². The molecule has 3 saturated heterocycles. The highest BCUT2D eigenvalue weighted by Crippen LogP contribution is 2.75. The zero-order valence-electron chi connectivity index (χ0n) is 38.3. The highest BCUT2D eigenvalue weighted by atomic mass is 17.1. The van der Waals surface area contributed by atoms with Crippen LogP contribution in [0.1, 0.15) is 106 Å². The van der Waals surface area contributed by atoms with Gasteiger partial charge in [0.1, 0.15) is 66.8 Å². The smallest absolute Gasteiger partial charge is 0.187 e. The first kappa shape index (κ1) is 50.6. The summed E-state index contributed by atoms with van der Waals surface area (Å²) in [5, 5.41) is 107. The van der Waals surface area contributed by atoms with Gasteiger partial charge in [0.2, 0.25) is 0 Å². The number of carbonyl (C=O) groups excluding carboxylic acids is 1. The molecule has 64 heavy (non-hydrogen) atoms. The van der Waals surface area contributed by atoms with E-state index in [1.165, 1.54) is 13.2 Å². The first-order valence-corrected chi connectivity index (χ1v) is 23.4. The third-order valence-corrected chi connectivity index (χ3v) is 17.9. The second-order valence-corrected chi connectivity index (χ2v) is 22.0. The lowest BCUT2D eigenvalue weighted by Crippen LogP contribution is -2.67. The van der Waals surface area contributed by atoms with Crippen molar-refractivity contribution in [2.75, 3.05) is 19.8 Å². The molecule has 368 valence electrons. The molecule has 7 fully saturated rings. The van der Waals surface area contributed by atoms with Gasteiger partial charge >= 0.3 is 0 Å². The third kappa shape index (κ3) is 8.49. The average Bonchev–Trinajstić information content (AvgIpc) is 3.63. The van der Waals surface area contributed by atoms with E-state index < -0.39 is 115 Å². The second-order valence-electron chi connectivity index (χ2n) is 22.0. The van der Waals surface area contributed by atoms with Gasteiger partial charge in [0.15, 0.2) is 18.9 Å². The maximum atomic E-state index is 13.9. The molecular formula is C46H76O18. The van der Waals surface area contributed by atoms with E-state index in [9.17, 15) is 56.0 Å². The highest BCUT2D eigenvalue weighted by Gasteiger charge is 2.71. The SMILES string of the molecule is C[C@@H]1O[C@@H](O[C@H]2[C@H](O[C@H]3CC[C@@]4(C=O)C(CC[C@]5(C)[C@@H]4CCC4[C@@H]([C@](O)(CO)C/C=C/C(C)(C)OO)CC[C@]45C)C3(C)C)OC[C@H](O)[C@@H]2O[C@@H]2OC[C@@H](O)[C@H](O)[C@H]2O)[C@H](O)[C@H](O)[C@H]1O. The topological polar surface area (TPSA) is 284 Å². The van der Waals surface area contributed by atoms with Crippen LogP contribution in [-0.4, -0.2) is 175 Å². The zero-order chi connectivity index (χ0) is 46.9. The molecule has 4 saturated carbocycles. The number of hydrogen-bond acceptors (Lipinski definition) is 18. The van der Waals surface area contributed by atoms with Gasteiger partial charge in [-0.15, -0.1) is 0 Å². The molecule has 18 heteroatoms. The Balaban J connectivity index is 1.13. The Hall–Kier alpha value is -1.27. The van der Waals surface area contributed by atoms with Gasteiger partial charge in [0.05, 0.1) is 37.6 Å². The van der Waals surface area contributed by atoms with E-state index in [0.29, 0.717) is 12.8 Å². The lowest BCUT2D eigenvalue weighted by molar-refractivity contribution is -0.383. The van der Waals surface area contributed by atoms with Crippen LogP contribution >= 0.6 is 0 Å². The highest BCUT2D eigenvalue weighted by molar-refractivity contribution is 5.62. The van der Waals surface area contributed by atoms with Gasteiger partial charge in [0, 0.05) is 5.41 Å². The fraction of sp³-hybridized carbons (Fsp3) is 0.935. The molecule has 10 N–H and O–H groups in total. The quantitative estimate of drug-likeness (QED) is 0.0404. The molecule has 3 heterocycles. The van der Waals surface area contributed by atoms with Gasteiger partial charge in [-0.3, -0.25) is 5.26 Å². The molecule has 0 bridgehead atoms. The van der Waals surface area contributed by atoms with Gasteiger partial charge in [-0.25, -0.2) is 4.89 Å². The number of fused-ring (bicyclic) bond motifs is 5. The van der Waals surface area contributed by atoms with Crippen LogP contribution in [0.25, 0.3) is 0 Å². The Kier molecular flexibility index (Phi) is 14.7. The molecule has 7 rings (SSSR count). The third-order valence-electron chi connectivity index (χ3n) is 17.9. The molecule has 7 aliphatic rings. The Bertz CT molecular complexity index is 1650. The monoisotopic (exact) mass is 917 g/mol. The van der Waals surface area contributed by atoms with Crippen molar-refractivity contribution in [1.82, 2.24) is 0 Å². The molecule has 0 radical (unpaired) electrons. The number of rotatable bonds is 13. The molecule has 0 aromatic heterocycles. The normalized spacial score (nSPS) is 50.6. The van der Waals surface area contributed by atoms with Crippen LogP contribution in [0.3, 0.4) is 0 Å². The molecule has 18 nitrogen and oxygen atoms in total. The van der Waals surface area contributed by atoms with Crippen molar-refractivity contribution in [2.24, 2.45) is 45.3 Å². The largest absolute Gasteiger partial charge is 0.393 e. The Morgan fingerprint density at radius 1 is 0.703 bits per heavy atom. The zero-order valence-corrected chi connectivity index (χ0v) is 38.3. The first-order chi connectivity index (χ1) is 29.9. The van der Waals surface area contributed by atoms with E-state index in [1.54, 1.807) is 26.0 Å². The van der Waals surface area contributed by atoms with Crippen LogP contribution in [0.2, 0.25) is 0 Å². The Morgan fingerprint density at radius 2 is 1.34 bits per heavy atom. The summed E-state index contributed by atoms with van der Waals surface area (Å²) < 4.78 is 36.7. The van der Waals surface area contributed by atoms with Crippen LogP contribution < -0.4 is 0 Å². The maximum absolute atomic E-state index is 13.9. The summed E-state index contributed by atoms with van der Waals surface area (Å²) in [6, 6.07) is 0. The van der Waals surface area contributed by atoms with Crippen molar-refractivity contribution in [3.8, 4) is 0 Å². The van der Waals surface area contributed by atoms with Gasteiger partial charge in [0.25, 0.3) is 0 Å². The van der Waals surface area contributed by atoms with E-state index >= 15 is 0 Å². The second kappa shape index (κ2) is 18.6. The molecular weight excluding hydrogens is 840 g/mol. The number of aliphatic hydroxyl groups excluding tert-OH is 8. The number of aldehydes is 1. The summed E-state index contributed by atoms with van der Waals surface area (Å²) in [6.07, 6.45) is -9.15. The minimum atomic E-state index is -1.74. The predicted octanol–water partition coefficient (Wildman–Crippen LogP) is 0.928. The van der Waals surface area contributed by atoms with E-state index in [-0.39, 0.29) is 54.1 Å². The molecule has 2 unspecified atom stereocenters. The minimum absolute atomic E-state index is 0.0283. The van der Waals surface area contributed by atoms with Crippen LogP contribution in [0.4, 0.5) is 0 Å². The van der Waals surface area contributed by atoms with E-state index in [0.717, 1.165) is 38.5 Å². The molecule has 0 spiro atoms. The lowest BCUT2D eigenvalue weighted by Gasteiger charge is -2.69. The van der Waals surface area contributed by atoms with Crippen LogP contribution in [0.5, 0.6) is 0 Å². The van der Waals surface area contributed by atoms with Crippen molar-refractivity contribution in [3.63, 3.8) is 0 Å². The first-order valence-electron chi connectivity index (χ1n) is 23.4. The summed E-state index contributed by atoms with van der Waals surface area (Å²) in [6.45, 7) is 12.6. The summed E-state index contributed by atoms with van der Waals surface area (Å²) in [5.74, 6) is -0.163. The summed E-state index contributed by atoms with van der Waals surface area (Å²) in [4.78, 5) is 18.5. The summed E-state index contributed by atoms with van der Waals surface area (Å²) in [7, 11) is 0. The molecule has 0 amide bonds. The van der Waals surface area contributed by atoms with E-state index in [1.807, 2.05) is 0 Å². The fourth-order valence-corrected chi connectivity index (χ4v) is 13.9. The van der Waals surface area contributed by atoms with Crippen molar-refractivity contribution in [1.29, 1.82) is 0 Å². The molecule has 4 aliphatic carbocycles. The molecule has 3 aliphatic heterocycles. The molecule has 22 atom stereocenters. The van der Waals surface area contributed by atoms with Crippen LogP contribution in [-0.2, 0) is 38.1 Å². The van der Waals surface area contributed by atoms with Crippen molar-refractivity contribution >= 4 is 6.29 Å². The van der Waals surface area contributed by atoms with Crippen LogP contribution in [0.15, 0.2) is 12.2 Å². The predicted molar refractivity (Wildman–Crippen MR) is 223 cm³/mol. The summed E-state index contributed by atoms with van der Waals surface area (Å²) >= 11 is 0. The molecule has 0 aromatic rings. The number of aliphatic hydroxyl groups is 9. The Morgan fingerprint density at radius 3 is 2.02 bits per heavy atom. The number of hydrogen-bond donors (Lipinski definition) is 10. The lowest BCUT2D eigenvalue weighted by atomic mass is 9.35. The minimum Gasteiger partial charge on any atom is -0.393 e. The number of ether oxygens (including phenoxy) is 6. The maximum Gasteiger partial charge on any atom is 0.187 e. The van der Waals surface area contributed by atoms with Crippen molar-refractivity contribution in [3.05, 3.63) is 12.2 Å². The Labute approximate surface area is 375 Å². The number of carbonyl (C=O) groups is 1. The van der Waals surface area contributed by atoms with Crippen molar-refractivity contribution in [2.45, 2.75) is 203 Å². The fourth-order valence-electron chi connectivity index (χ4n) is 13.9. The van der Waals surface area contributed by atoms with Crippen LogP contribution in [0, 0.1) is 45.3 Å².